The van der Waals surface area contributed by atoms with E-state index < -0.39 is 0 Å². The number of ketones is 1. The molecule has 5 fully saturated rings. The number of allylic oxidation sites excluding steroid dienone is 1. The summed E-state index contributed by atoms with van der Waals surface area (Å²) in [7, 11) is 0. The fraction of sp³-hybridized carbons (Fsp3) is 0.833. The summed E-state index contributed by atoms with van der Waals surface area (Å²) < 4.78 is 6.20. The highest BCUT2D eigenvalue weighted by Crippen LogP contribution is 2.79. The molecule has 28 heavy (non-hydrogen) atoms. The Hall–Kier alpha value is -0.830. The van der Waals surface area contributed by atoms with E-state index in [1.165, 1.54) is 18.4 Å². The van der Waals surface area contributed by atoms with Gasteiger partial charge in [0.1, 0.15) is 5.60 Å². The van der Waals surface area contributed by atoms with Gasteiger partial charge >= 0.3 is 5.97 Å². The molecule has 1 saturated heterocycles. The van der Waals surface area contributed by atoms with Crippen LogP contribution in [-0.2, 0) is 14.3 Å². The third-order valence-corrected chi connectivity index (χ3v) is 10.9. The molecule has 3 nitrogen and oxygen atoms in total. The molecule has 0 radical (unpaired) electrons. The molecule has 1 heterocycles. The zero-order chi connectivity index (χ0) is 19.5. The van der Waals surface area contributed by atoms with E-state index in [2.05, 4.69) is 13.8 Å². The summed E-state index contributed by atoms with van der Waals surface area (Å²) in [5.41, 5.74) is 1.46. The highest BCUT2D eigenvalue weighted by atomic mass is 35.5. The lowest BCUT2D eigenvalue weighted by Crippen LogP contribution is -2.59. The second-order valence-electron chi connectivity index (χ2n) is 11.2. The second kappa shape index (κ2) is 5.45. The zero-order valence-corrected chi connectivity index (χ0v) is 17.8. The molecule has 4 saturated carbocycles. The van der Waals surface area contributed by atoms with Crippen molar-refractivity contribution in [2.75, 3.05) is 5.88 Å². The van der Waals surface area contributed by atoms with Crippen molar-refractivity contribution in [2.45, 2.75) is 70.8 Å². The van der Waals surface area contributed by atoms with Crippen molar-refractivity contribution in [3.05, 3.63) is 11.6 Å². The van der Waals surface area contributed by atoms with Crippen LogP contribution in [0.2, 0.25) is 0 Å². The third kappa shape index (κ3) is 1.94. The van der Waals surface area contributed by atoms with E-state index in [4.69, 9.17) is 16.3 Å². The summed E-state index contributed by atoms with van der Waals surface area (Å²) in [6.07, 6.45) is 9.78. The molecule has 6 rings (SSSR count). The van der Waals surface area contributed by atoms with E-state index in [0.717, 1.165) is 25.7 Å². The maximum absolute atomic E-state index is 12.2. The van der Waals surface area contributed by atoms with Crippen LogP contribution < -0.4 is 0 Å². The lowest BCUT2D eigenvalue weighted by atomic mass is 9.43. The summed E-state index contributed by atoms with van der Waals surface area (Å²) in [6.45, 7) is 4.88. The van der Waals surface area contributed by atoms with Crippen LogP contribution in [0.25, 0.3) is 0 Å². The quantitative estimate of drug-likeness (QED) is 0.462. The van der Waals surface area contributed by atoms with Gasteiger partial charge in [-0.25, -0.2) is 0 Å². The van der Waals surface area contributed by atoms with Crippen LogP contribution in [0.4, 0.5) is 0 Å². The van der Waals surface area contributed by atoms with Crippen molar-refractivity contribution >= 4 is 23.4 Å². The first-order valence-corrected chi connectivity index (χ1v) is 11.9. The third-order valence-electron chi connectivity index (χ3n) is 10.5. The molecule has 0 bridgehead atoms. The van der Waals surface area contributed by atoms with Gasteiger partial charge in [-0.15, -0.1) is 11.6 Å². The Morgan fingerprint density at radius 3 is 2.68 bits per heavy atom. The first kappa shape index (κ1) is 18.0. The first-order valence-electron chi connectivity index (χ1n) is 11.4. The summed E-state index contributed by atoms with van der Waals surface area (Å²) in [4.78, 5) is 24.3. The van der Waals surface area contributed by atoms with Crippen molar-refractivity contribution in [1.29, 1.82) is 0 Å². The van der Waals surface area contributed by atoms with E-state index in [1.807, 2.05) is 6.08 Å². The number of esters is 1. The minimum atomic E-state index is -0.194. The Labute approximate surface area is 172 Å². The highest BCUT2D eigenvalue weighted by molar-refractivity contribution is 6.18. The number of fused-ring (bicyclic) bond motifs is 9. The van der Waals surface area contributed by atoms with E-state index in [0.29, 0.717) is 60.0 Å². The monoisotopic (exact) mass is 402 g/mol. The van der Waals surface area contributed by atoms with Crippen LogP contribution >= 0.6 is 11.6 Å². The Bertz CT molecular complexity index is 804. The number of halogens is 1. The lowest BCUT2D eigenvalue weighted by Gasteiger charge is -2.62. The SMILES string of the molecule is C[C@]12CCC(=O)C=C1CC(CCl)C1C2CC[C@@]2(C)C1C1CC1C21CCC(=O)O1. The Kier molecular flexibility index (Phi) is 3.50. The summed E-state index contributed by atoms with van der Waals surface area (Å²) in [5, 5.41) is 0. The molecule has 0 N–H and O–H groups in total. The molecule has 9 atom stereocenters. The molecule has 0 amide bonds. The van der Waals surface area contributed by atoms with Crippen LogP contribution in [0.15, 0.2) is 11.6 Å². The largest absolute Gasteiger partial charge is 0.458 e. The van der Waals surface area contributed by atoms with Gasteiger partial charge in [-0.2, -0.15) is 0 Å². The van der Waals surface area contributed by atoms with Crippen LogP contribution in [-0.4, -0.2) is 23.2 Å². The standard InChI is InChI=1S/C24H31ClO3/c1-22-6-3-15(26)10-14(22)9-13(12-25)20-17(22)4-7-23(2)21(20)16-11-18(16)24(23)8-5-19(27)28-24/h10,13,16-18,20-21H,3-9,11-12H2,1-2H3/t13?,16?,17?,18?,20?,21?,22-,23-,24?/m0/s1. The predicted octanol–water partition coefficient (Wildman–Crippen LogP) is 4.91. The second-order valence-corrected chi connectivity index (χ2v) is 11.5. The van der Waals surface area contributed by atoms with Gasteiger partial charge in [0.15, 0.2) is 5.78 Å². The van der Waals surface area contributed by atoms with Gasteiger partial charge < -0.3 is 4.74 Å². The maximum Gasteiger partial charge on any atom is 0.306 e. The molecule has 152 valence electrons. The number of alkyl halides is 1. The average Bonchev–Trinajstić information content (AvgIpc) is 3.30. The molecule has 0 aromatic carbocycles. The van der Waals surface area contributed by atoms with E-state index >= 15 is 0 Å². The normalized spacial score (nSPS) is 56.5. The minimum absolute atomic E-state index is 0.0233. The van der Waals surface area contributed by atoms with Crippen molar-refractivity contribution in [3.8, 4) is 0 Å². The number of ether oxygens (including phenoxy) is 1. The van der Waals surface area contributed by atoms with E-state index in [-0.39, 0.29) is 22.4 Å². The van der Waals surface area contributed by atoms with Crippen molar-refractivity contribution < 1.29 is 14.3 Å². The van der Waals surface area contributed by atoms with Crippen molar-refractivity contribution in [1.82, 2.24) is 0 Å². The minimum Gasteiger partial charge on any atom is -0.458 e. The van der Waals surface area contributed by atoms with E-state index in [1.54, 1.807) is 0 Å². The van der Waals surface area contributed by atoms with Gasteiger partial charge in [-0.05, 0) is 79.6 Å². The zero-order valence-electron chi connectivity index (χ0n) is 17.0. The van der Waals surface area contributed by atoms with Gasteiger partial charge in [0.05, 0.1) is 0 Å². The Morgan fingerprint density at radius 1 is 1.14 bits per heavy atom. The van der Waals surface area contributed by atoms with Gasteiger partial charge in [-0.3, -0.25) is 9.59 Å². The molecule has 7 unspecified atom stereocenters. The molecular weight excluding hydrogens is 372 g/mol. The molecular formula is C24H31ClO3. The number of rotatable bonds is 1. The highest BCUT2D eigenvalue weighted by Gasteiger charge is 2.79. The fourth-order valence-corrected chi connectivity index (χ4v) is 9.51. The molecule has 5 aliphatic carbocycles. The van der Waals surface area contributed by atoms with Gasteiger partial charge in [0, 0.05) is 30.1 Å². The Balaban J connectivity index is 1.44. The molecule has 1 spiro atoms. The molecule has 0 aromatic rings. The summed E-state index contributed by atoms with van der Waals surface area (Å²) in [6, 6.07) is 0. The van der Waals surface area contributed by atoms with Crippen LogP contribution in [0.1, 0.15) is 65.2 Å². The van der Waals surface area contributed by atoms with Crippen LogP contribution in [0.5, 0.6) is 0 Å². The summed E-state index contributed by atoms with van der Waals surface area (Å²) in [5.74, 6) is 4.62. The number of carbonyl (C=O) groups excluding carboxylic acids is 2. The first-order chi connectivity index (χ1) is 13.3. The van der Waals surface area contributed by atoms with Gasteiger partial charge in [0.2, 0.25) is 0 Å². The topological polar surface area (TPSA) is 43.4 Å². The van der Waals surface area contributed by atoms with Crippen LogP contribution in [0, 0.1) is 46.3 Å². The Morgan fingerprint density at radius 2 is 1.96 bits per heavy atom. The summed E-state index contributed by atoms with van der Waals surface area (Å²) >= 11 is 6.59. The molecule has 4 heteroatoms. The molecule has 0 aromatic heterocycles. The van der Waals surface area contributed by atoms with Crippen molar-refractivity contribution in [3.63, 3.8) is 0 Å². The predicted molar refractivity (Wildman–Crippen MR) is 107 cm³/mol. The number of carbonyl (C=O) groups is 2. The van der Waals surface area contributed by atoms with Gasteiger partial charge in [0.25, 0.3) is 0 Å². The van der Waals surface area contributed by atoms with Gasteiger partial charge in [-0.1, -0.05) is 19.4 Å². The molecule has 6 aliphatic rings. The number of hydrogen-bond acceptors (Lipinski definition) is 3. The van der Waals surface area contributed by atoms with Crippen LogP contribution in [0.3, 0.4) is 0 Å². The average molecular weight is 403 g/mol. The smallest absolute Gasteiger partial charge is 0.306 e. The van der Waals surface area contributed by atoms with Crippen molar-refractivity contribution in [2.24, 2.45) is 46.3 Å². The fourth-order valence-electron chi connectivity index (χ4n) is 9.20. The molecule has 1 aliphatic heterocycles. The lowest BCUT2D eigenvalue weighted by molar-refractivity contribution is -0.179. The maximum atomic E-state index is 12.2. The van der Waals surface area contributed by atoms with E-state index in [9.17, 15) is 9.59 Å². The number of hydrogen-bond donors (Lipinski definition) is 0.